The van der Waals surface area contributed by atoms with Crippen molar-refractivity contribution in [3.8, 4) is 0 Å². The zero-order valence-corrected chi connectivity index (χ0v) is 17.0. The number of carbonyl (C=O) groups is 2. The van der Waals surface area contributed by atoms with Gasteiger partial charge in [0.1, 0.15) is 11.9 Å². The first kappa shape index (κ1) is 21.6. The van der Waals surface area contributed by atoms with Crippen LogP contribution in [-0.4, -0.2) is 28.8 Å². The number of halogens is 1. The van der Waals surface area contributed by atoms with Crippen LogP contribution in [0.2, 0.25) is 0 Å². The summed E-state index contributed by atoms with van der Waals surface area (Å²) in [4.78, 5) is 27.5. The predicted molar refractivity (Wildman–Crippen MR) is 109 cm³/mol. The fourth-order valence-corrected chi connectivity index (χ4v) is 3.15. The quantitative estimate of drug-likeness (QED) is 0.748. The molecule has 0 unspecified atom stereocenters. The lowest BCUT2D eigenvalue weighted by Crippen LogP contribution is -2.50. The molecule has 1 atom stereocenters. The van der Waals surface area contributed by atoms with Crippen LogP contribution in [0.25, 0.3) is 0 Å². The minimum absolute atomic E-state index is 0.00550. The first-order chi connectivity index (χ1) is 13.3. The van der Waals surface area contributed by atoms with Gasteiger partial charge in [-0.05, 0) is 56.0 Å². The first-order valence-corrected chi connectivity index (χ1v) is 9.70. The van der Waals surface area contributed by atoms with Gasteiger partial charge >= 0.3 is 0 Å². The molecular formula is C23H29FN2O2. The maximum absolute atomic E-state index is 13.2. The van der Waals surface area contributed by atoms with Crippen molar-refractivity contribution in [1.82, 2.24) is 10.2 Å². The predicted octanol–water partition coefficient (Wildman–Crippen LogP) is 4.01. The van der Waals surface area contributed by atoms with Gasteiger partial charge in [-0.15, -0.1) is 0 Å². The molecule has 150 valence electrons. The lowest BCUT2D eigenvalue weighted by Gasteiger charge is -2.31. The van der Waals surface area contributed by atoms with Gasteiger partial charge in [-0.3, -0.25) is 9.59 Å². The van der Waals surface area contributed by atoms with Gasteiger partial charge in [-0.1, -0.05) is 43.3 Å². The van der Waals surface area contributed by atoms with E-state index in [0.29, 0.717) is 13.0 Å². The number of benzene rings is 2. The lowest BCUT2D eigenvalue weighted by molar-refractivity contribution is -0.141. The standard InChI is InChI=1S/C23H29FN2O2/c1-5-21(23(28)25-16(2)3)26(15-19-9-7-6-8-17(19)4)22(27)14-18-10-12-20(24)13-11-18/h6-13,16,21H,5,14-15H2,1-4H3,(H,25,28)/t21-/m1/s1. The average Bonchev–Trinajstić information content (AvgIpc) is 2.64. The van der Waals surface area contributed by atoms with Crippen molar-refractivity contribution in [1.29, 1.82) is 0 Å². The molecule has 5 heteroatoms. The molecule has 4 nitrogen and oxygen atoms in total. The number of hydrogen-bond acceptors (Lipinski definition) is 2. The van der Waals surface area contributed by atoms with Gasteiger partial charge in [0.15, 0.2) is 0 Å². The Morgan fingerprint density at radius 1 is 1.07 bits per heavy atom. The van der Waals surface area contributed by atoms with Gasteiger partial charge in [0, 0.05) is 12.6 Å². The summed E-state index contributed by atoms with van der Waals surface area (Å²) in [6.07, 6.45) is 0.636. The summed E-state index contributed by atoms with van der Waals surface area (Å²) in [5.74, 6) is -0.644. The topological polar surface area (TPSA) is 49.4 Å². The van der Waals surface area contributed by atoms with Crippen LogP contribution in [0.1, 0.15) is 43.9 Å². The van der Waals surface area contributed by atoms with Crippen LogP contribution in [0.15, 0.2) is 48.5 Å². The molecular weight excluding hydrogens is 355 g/mol. The molecule has 0 heterocycles. The Hall–Kier alpha value is -2.69. The van der Waals surface area contributed by atoms with Crippen LogP contribution < -0.4 is 5.32 Å². The van der Waals surface area contributed by atoms with E-state index in [1.165, 1.54) is 12.1 Å². The molecule has 2 aromatic rings. The second-order valence-corrected chi connectivity index (χ2v) is 7.34. The molecule has 0 aliphatic carbocycles. The summed E-state index contributed by atoms with van der Waals surface area (Å²) in [5.41, 5.74) is 2.80. The van der Waals surface area contributed by atoms with Crippen molar-refractivity contribution in [3.63, 3.8) is 0 Å². The van der Waals surface area contributed by atoms with Crippen LogP contribution in [0, 0.1) is 12.7 Å². The van der Waals surface area contributed by atoms with Crippen LogP contribution in [-0.2, 0) is 22.6 Å². The average molecular weight is 384 g/mol. The smallest absolute Gasteiger partial charge is 0.243 e. The summed E-state index contributed by atoms with van der Waals surface area (Å²) >= 11 is 0. The Kier molecular flexibility index (Phi) is 7.73. The number of aryl methyl sites for hydroxylation is 1. The molecule has 0 aliphatic rings. The van der Waals surface area contributed by atoms with Crippen LogP contribution in [0.3, 0.4) is 0 Å². The fourth-order valence-electron chi connectivity index (χ4n) is 3.15. The van der Waals surface area contributed by atoms with Crippen LogP contribution in [0.5, 0.6) is 0 Å². The van der Waals surface area contributed by atoms with Crippen molar-refractivity contribution < 1.29 is 14.0 Å². The van der Waals surface area contributed by atoms with Crippen molar-refractivity contribution in [3.05, 3.63) is 71.0 Å². The Morgan fingerprint density at radius 3 is 2.29 bits per heavy atom. The molecule has 28 heavy (non-hydrogen) atoms. The lowest BCUT2D eigenvalue weighted by atomic mass is 10.0. The van der Waals surface area contributed by atoms with Gasteiger partial charge in [0.05, 0.1) is 6.42 Å². The fraction of sp³-hybridized carbons (Fsp3) is 0.391. The van der Waals surface area contributed by atoms with E-state index < -0.39 is 6.04 Å². The molecule has 0 saturated carbocycles. The number of carbonyl (C=O) groups excluding carboxylic acids is 2. The van der Waals surface area contributed by atoms with E-state index in [0.717, 1.165) is 16.7 Å². The zero-order valence-electron chi connectivity index (χ0n) is 17.0. The minimum Gasteiger partial charge on any atom is -0.352 e. The molecule has 2 rings (SSSR count). The highest BCUT2D eigenvalue weighted by molar-refractivity contribution is 5.88. The maximum atomic E-state index is 13.2. The number of rotatable bonds is 8. The molecule has 0 fully saturated rings. The van der Waals surface area contributed by atoms with Crippen LogP contribution in [0.4, 0.5) is 4.39 Å². The maximum Gasteiger partial charge on any atom is 0.243 e. The molecule has 0 aromatic heterocycles. The summed E-state index contributed by atoms with van der Waals surface area (Å²) in [7, 11) is 0. The molecule has 1 N–H and O–H groups in total. The minimum atomic E-state index is -0.560. The Bertz CT molecular complexity index is 803. The van der Waals surface area contributed by atoms with E-state index in [2.05, 4.69) is 5.32 Å². The van der Waals surface area contributed by atoms with E-state index in [9.17, 15) is 14.0 Å². The molecule has 0 bridgehead atoms. The molecule has 0 saturated heterocycles. The third kappa shape index (κ3) is 5.91. The third-order valence-corrected chi connectivity index (χ3v) is 4.69. The van der Waals surface area contributed by atoms with Crippen LogP contribution >= 0.6 is 0 Å². The van der Waals surface area contributed by atoms with Crippen molar-refractivity contribution >= 4 is 11.8 Å². The van der Waals surface area contributed by atoms with Gasteiger partial charge in [-0.25, -0.2) is 4.39 Å². The Labute approximate surface area is 166 Å². The normalized spacial score (nSPS) is 11.9. The number of amides is 2. The summed E-state index contributed by atoms with van der Waals surface area (Å²) in [5, 5.41) is 2.92. The van der Waals surface area contributed by atoms with Gasteiger partial charge in [0.25, 0.3) is 0 Å². The molecule has 2 aromatic carbocycles. The van der Waals surface area contributed by atoms with Crippen molar-refractivity contribution in [2.24, 2.45) is 0 Å². The number of nitrogens with one attached hydrogen (secondary N) is 1. The summed E-state index contributed by atoms with van der Waals surface area (Å²) < 4.78 is 13.2. The summed E-state index contributed by atoms with van der Waals surface area (Å²) in [6.45, 7) is 8.05. The Balaban J connectivity index is 2.30. The monoisotopic (exact) mass is 384 g/mol. The molecule has 0 spiro atoms. The first-order valence-electron chi connectivity index (χ1n) is 9.70. The van der Waals surface area contributed by atoms with E-state index >= 15 is 0 Å². The van der Waals surface area contributed by atoms with Crippen molar-refractivity contribution in [2.75, 3.05) is 0 Å². The zero-order chi connectivity index (χ0) is 20.7. The van der Waals surface area contributed by atoms with Crippen molar-refractivity contribution in [2.45, 2.75) is 59.2 Å². The van der Waals surface area contributed by atoms with Gasteiger partial charge in [0.2, 0.25) is 11.8 Å². The summed E-state index contributed by atoms with van der Waals surface area (Å²) in [6, 6.07) is 13.2. The van der Waals surface area contributed by atoms with Gasteiger partial charge < -0.3 is 10.2 Å². The molecule has 0 radical (unpaired) electrons. The number of hydrogen-bond donors (Lipinski definition) is 1. The van der Waals surface area contributed by atoms with E-state index in [-0.39, 0.29) is 30.1 Å². The highest BCUT2D eigenvalue weighted by Gasteiger charge is 2.29. The number of nitrogens with zero attached hydrogens (tertiary/aromatic N) is 1. The third-order valence-electron chi connectivity index (χ3n) is 4.69. The van der Waals surface area contributed by atoms with Gasteiger partial charge in [-0.2, -0.15) is 0 Å². The second-order valence-electron chi connectivity index (χ2n) is 7.34. The highest BCUT2D eigenvalue weighted by atomic mass is 19.1. The largest absolute Gasteiger partial charge is 0.352 e. The van der Waals surface area contributed by atoms with E-state index in [1.54, 1.807) is 17.0 Å². The highest BCUT2D eigenvalue weighted by Crippen LogP contribution is 2.17. The Morgan fingerprint density at radius 2 is 1.71 bits per heavy atom. The van der Waals surface area contributed by atoms with E-state index in [1.807, 2.05) is 52.0 Å². The van der Waals surface area contributed by atoms with E-state index in [4.69, 9.17) is 0 Å². The molecule has 2 amide bonds. The SMILES string of the molecule is CC[C@H](C(=O)NC(C)C)N(Cc1ccccc1C)C(=O)Cc1ccc(F)cc1. The molecule has 0 aliphatic heterocycles. The second kappa shape index (κ2) is 10.0.